The molecule has 1 aliphatic heterocycles. The van der Waals surface area contributed by atoms with Crippen molar-refractivity contribution in [3.8, 4) is 0 Å². The van der Waals surface area contributed by atoms with Gasteiger partial charge in [0.2, 0.25) is 5.06 Å². The van der Waals surface area contributed by atoms with Gasteiger partial charge in [-0.15, -0.1) is 12.6 Å². The third kappa shape index (κ3) is 1.65. The third-order valence-corrected chi connectivity index (χ3v) is 1.08. The maximum absolute atomic E-state index is 8.81. The highest BCUT2D eigenvalue weighted by Crippen LogP contribution is 2.17. The largest absolute Gasteiger partial charge is 0.508 e. The summed E-state index contributed by atoms with van der Waals surface area (Å²) in [6.07, 6.45) is 3.99. The van der Waals surface area contributed by atoms with Gasteiger partial charge in [0.25, 0.3) is 0 Å². The average Bonchev–Trinajstić information content (AvgIpc) is 1.60. The van der Waals surface area contributed by atoms with Gasteiger partial charge in [0.05, 0.1) is 6.26 Å². The second-order valence-corrected chi connectivity index (χ2v) is 2.44. The molecule has 1 rings (SSSR count). The third-order valence-electron chi connectivity index (χ3n) is 0.850. The van der Waals surface area contributed by atoms with Crippen molar-refractivity contribution in [3.63, 3.8) is 0 Å². The summed E-state index contributed by atoms with van der Waals surface area (Å²) in [4.78, 5) is 0. The van der Waals surface area contributed by atoms with Crippen LogP contribution in [0, 0.1) is 0 Å². The number of nitrogens with two attached hydrogens (primary N) is 1. The number of hydrogen-bond donors (Lipinski definition) is 3. The van der Waals surface area contributed by atoms with Crippen molar-refractivity contribution in [1.82, 2.24) is 0 Å². The number of aliphatic hydroxyl groups excluding tert-OH is 1. The number of ether oxygens (including phenoxy) is 1. The van der Waals surface area contributed by atoms with Crippen LogP contribution in [0.25, 0.3) is 0 Å². The molecular weight excluding hydrogens is 138 g/mol. The lowest BCUT2D eigenvalue weighted by Gasteiger charge is -2.21. The van der Waals surface area contributed by atoms with Crippen LogP contribution in [0.1, 0.15) is 0 Å². The van der Waals surface area contributed by atoms with E-state index in [4.69, 9.17) is 15.6 Å². The minimum atomic E-state index is -1.15. The van der Waals surface area contributed by atoms with E-state index in [0.29, 0.717) is 0 Å². The molecule has 3 N–H and O–H groups in total. The Hall–Kier alpha value is -0.610. The zero-order valence-electron chi connectivity index (χ0n) is 4.61. The Bertz CT molecular complexity index is 174. The van der Waals surface area contributed by atoms with Crippen LogP contribution < -0.4 is 5.73 Å². The fourth-order valence-electron chi connectivity index (χ4n) is 0.507. The van der Waals surface area contributed by atoms with E-state index in [0.717, 1.165) is 0 Å². The van der Waals surface area contributed by atoms with Gasteiger partial charge in [-0.1, -0.05) is 0 Å². The first-order chi connectivity index (χ1) is 4.10. The van der Waals surface area contributed by atoms with Crippen LogP contribution in [0.15, 0.2) is 24.2 Å². The second-order valence-electron chi connectivity index (χ2n) is 1.74. The molecule has 1 atom stereocenters. The van der Waals surface area contributed by atoms with E-state index in [-0.39, 0.29) is 5.76 Å². The minimum absolute atomic E-state index is 0.0683. The first-order valence-electron chi connectivity index (χ1n) is 2.38. The average molecular weight is 145 g/mol. The number of hydrogen-bond acceptors (Lipinski definition) is 4. The Kier molecular flexibility index (Phi) is 1.42. The maximum atomic E-state index is 8.81. The first kappa shape index (κ1) is 6.51. The Balaban J connectivity index is 2.78. The summed E-state index contributed by atoms with van der Waals surface area (Å²) in [6, 6.07) is 0. The quantitative estimate of drug-likeness (QED) is 0.344. The fourth-order valence-corrected chi connectivity index (χ4v) is 0.700. The van der Waals surface area contributed by atoms with Crippen molar-refractivity contribution in [2.75, 3.05) is 0 Å². The van der Waals surface area contributed by atoms with Gasteiger partial charge in [0.15, 0.2) is 0 Å². The van der Waals surface area contributed by atoms with E-state index in [1.165, 1.54) is 18.4 Å². The summed E-state index contributed by atoms with van der Waals surface area (Å²) >= 11 is 3.85. The molecule has 0 aromatic heterocycles. The monoisotopic (exact) mass is 145 g/mol. The molecule has 3 nitrogen and oxygen atoms in total. The molecule has 0 saturated heterocycles. The molecule has 0 saturated carbocycles. The van der Waals surface area contributed by atoms with Gasteiger partial charge in [-0.05, 0) is 0 Å². The molecule has 9 heavy (non-hydrogen) atoms. The molecule has 1 unspecified atom stereocenters. The Morgan fingerprint density at radius 1 is 1.78 bits per heavy atom. The summed E-state index contributed by atoms with van der Waals surface area (Å²) in [5.41, 5.74) is 5.32. The molecule has 50 valence electrons. The Labute approximate surface area is 58.2 Å². The predicted molar refractivity (Wildman–Crippen MR) is 36.8 cm³/mol. The van der Waals surface area contributed by atoms with E-state index in [2.05, 4.69) is 12.6 Å². The fraction of sp³-hybridized carbons (Fsp3) is 0.200. The minimum Gasteiger partial charge on any atom is -0.508 e. The van der Waals surface area contributed by atoms with E-state index < -0.39 is 5.06 Å². The van der Waals surface area contributed by atoms with Crippen molar-refractivity contribution in [3.05, 3.63) is 24.2 Å². The molecule has 4 heteroatoms. The highest BCUT2D eigenvalue weighted by Gasteiger charge is 2.19. The first-order valence-corrected chi connectivity index (χ1v) is 2.82. The SMILES string of the molecule is NC1(S)C=C(O)C=CO1. The van der Waals surface area contributed by atoms with Crippen molar-refractivity contribution in [2.24, 2.45) is 5.73 Å². The summed E-state index contributed by atoms with van der Waals surface area (Å²) < 4.78 is 4.76. The molecule has 0 bridgehead atoms. The van der Waals surface area contributed by atoms with Gasteiger partial charge in [-0.3, -0.25) is 5.73 Å². The van der Waals surface area contributed by atoms with Crippen molar-refractivity contribution in [2.45, 2.75) is 5.06 Å². The van der Waals surface area contributed by atoms with Gasteiger partial charge in [-0.2, -0.15) is 0 Å². The topological polar surface area (TPSA) is 55.5 Å². The zero-order chi connectivity index (χ0) is 6.91. The smallest absolute Gasteiger partial charge is 0.226 e. The molecule has 0 aromatic rings. The van der Waals surface area contributed by atoms with Crippen LogP contribution in [-0.4, -0.2) is 10.2 Å². The molecular formula is C5H7NO2S. The van der Waals surface area contributed by atoms with Crippen LogP contribution >= 0.6 is 12.6 Å². The lowest BCUT2D eigenvalue weighted by Crippen LogP contribution is -2.34. The second kappa shape index (κ2) is 1.97. The zero-order valence-corrected chi connectivity index (χ0v) is 5.51. The highest BCUT2D eigenvalue weighted by atomic mass is 32.1. The maximum Gasteiger partial charge on any atom is 0.226 e. The molecule has 1 aliphatic rings. The van der Waals surface area contributed by atoms with Gasteiger partial charge in [0, 0.05) is 12.2 Å². The van der Waals surface area contributed by atoms with Gasteiger partial charge < -0.3 is 9.84 Å². The van der Waals surface area contributed by atoms with E-state index in [1.54, 1.807) is 0 Å². The molecule has 0 spiro atoms. The van der Waals surface area contributed by atoms with E-state index in [9.17, 15) is 0 Å². The number of aliphatic hydroxyl groups is 1. The van der Waals surface area contributed by atoms with Gasteiger partial charge in [-0.25, -0.2) is 0 Å². The van der Waals surface area contributed by atoms with Crippen LogP contribution in [-0.2, 0) is 4.74 Å². The molecule has 0 amide bonds. The summed E-state index contributed by atoms with van der Waals surface area (Å²) in [7, 11) is 0. The summed E-state index contributed by atoms with van der Waals surface area (Å²) in [6.45, 7) is 0. The number of thiol groups is 1. The van der Waals surface area contributed by atoms with Crippen molar-refractivity contribution >= 4 is 12.6 Å². The van der Waals surface area contributed by atoms with Crippen LogP contribution in [0.5, 0.6) is 0 Å². The molecule has 1 heterocycles. The Morgan fingerprint density at radius 2 is 2.44 bits per heavy atom. The van der Waals surface area contributed by atoms with Crippen LogP contribution in [0.2, 0.25) is 0 Å². The summed E-state index contributed by atoms with van der Waals surface area (Å²) in [5, 5.41) is 7.66. The van der Waals surface area contributed by atoms with Gasteiger partial charge >= 0.3 is 0 Å². The molecule has 0 aliphatic carbocycles. The van der Waals surface area contributed by atoms with Crippen molar-refractivity contribution < 1.29 is 9.84 Å². The number of rotatable bonds is 0. The van der Waals surface area contributed by atoms with Crippen LogP contribution in [0.4, 0.5) is 0 Å². The normalized spacial score (nSPS) is 33.3. The van der Waals surface area contributed by atoms with Gasteiger partial charge in [0.1, 0.15) is 5.76 Å². The van der Waals surface area contributed by atoms with Crippen molar-refractivity contribution in [1.29, 1.82) is 0 Å². The molecule has 0 aromatic carbocycles. The molecule has 0 radical (unpaired) electrons. The number of allylic oxidation sites excluding steroid dienone is 1. The van der Waals surface area contributed by atoms with E-state index in [1.807, 2.05) is 0 Å². The predicted octanol–water partition coefficient (Wildman–Crippen LogP) is 0.515. The lowest BCUT2D eigenvalue weighted by atomic mass is 10.3. The highest BCUT2D eigenvalue weighted by molar-refractivity contribution is 7.81. The molecule has 0 fully saturated rings. The van der Waals surface area contributed by atoms with E-state index >= 15 is 0 Å². The lowest BCUT2D eigenvalue weighted by molar-refractivity contribution is 0.152. The van der Waals surface area contributed by atoms with Crippen LogP contribution in [0.3, 0.4) is 0 Å². The standard InChI is InChI=1S/C5H7NO2S/c6-5(9)3-4(7)1-2-8-5/h1-3,7,9H,6H2. The Morgan fingerprint density at radius 3 is 2.78 bits per heavy atom. The summed E-state index contributed by atoms with van der Waals surface area (Å²) in [5.74, 6) is 0.0683.